The fraction of sp³-hybridized carbons (Fsp3) is 0.200. The molecule has 0 aliphatic heterocycles. The smallest absolute Gasteiger partial charge is 0.255 e. The summed E-state index contributed by atoms with van der Waals surface area (Å²) in [6.45, 7) is 1.20. The molecule has 0 radical (unpaired) electrons. The number of aliphatic hydroxyl groups excluding tert-OH is 1. The van der Waals surface area contributed by atoms with Crippen molar-refractivity contribution in [3.05, 3.63) is 111 Å². The third kappa shape index (κ3) is 5.02. The molecular weight excluding hydrogens is 410 g/mol. The molecule has 0 bridgehead atoms. The number of pyridine rings is 2. The fourth-order valence-electron chi connectivity index (χ4n) is 3.76. The predicted molar refractivity (Wildman–Crippen MR) is 124 cm³/mol. The van der Waals surface area contributed by atoms with Gasteiger partial charge in [-0.1, -0.05) is 54.1 Å². The number of aliphatic hydroxyl groups is 1. The number of benzene rings is 2. The largest absolute Gasteiger partial charge is 0.387 e. The van der Waals surface area contributed by atoms with Crippen LogP contribution in [0.25, 0.3) is 10.9 Å². The summed E-state index contributed by atoms with van der Waals surface area (Å²) >= 11 is 6.22. The van der Waals surface area contributed by atoms with Crippen LogP contribution < -0.4 is 5.56 Å². The summed E-state index contributed by atoms with van der Waals surface area (Å²) in [6, 6.07) is 22.7. The SMILES string of the molecule is CN(Cc1cc2ccc(Cl)cc2n(Cc2ccccn2)c1=O)C[C@H](O)c1ccccc1. The van der Waals surface area contributed by atoms with Crippen molar-refractivity contribution < 1.29 is 5.11 Å². The molecule has 0 saturated carbocycles. The third-order valence-electron chi connectivity index (χ3n) is 5.29. The van der Waals surface area contributed by atoms with Gasteiger partial charge in [0.15, 0.2) is 0 Å². The maximum absolute atomic E-state index is 13.4. The highest BCUT2D eigenvalue weighted by atomic mass is 35.5. The summed E-state index contributed by atoms with van der Waals surface area (Å²) in [6.07, 6.45) is 1.10. The van der Waals surface area contributed by atoms with Crippen molar-refractivity contribution in [2.75, 3.05) is 13.6 Å². The molecule has 2 aromatic carbocycles. The molecule has 2 aromatic heterocycles. The van der Waals surface area contributed by atoms with Crippen molar-refractivity contribution in [2.24, 2.45) is 0 Å². The Kier molecular flexibility index (Phi) is 6.47. The molecule has 0 aliphatic carbocycles. The van der Waals surface area contributed by atoms with Crippen molar-refractivity contribution >= 4 is 22.5 Å². The quantitative estimate of drug-likeness (QED) is 0.473. The maximum atomic E-state index is 13.4. The summed E-state index contributed by atoms with van der Waals surface area (Å²) in [7, 11) is 1.90. The van der Waals surface area contributed by atoms with Crippen molar-refractivity contribution in [3.8, 4) is 0 Å². The number of rotatable bonds is 7. The average molecular weight is 434 g/mol. The van der Waals surface area contributed by atoms with E-state index in [1.807, 2.05) is 84.7 Å². The van der Waals surface area contributed by atoms with E-state index in [-0.39, 0.29) is 5.56 Å². The van der Waals surface area contributed by atoms with E-state index in [1.165, 1.54) is 0 Å². The minimum Gasteiger partial charge on any atom is -0.387 e. The van der Waals surface area contributed by atoms with Gasteiger partial charge in [0.05, 0.1) is 23.9 Å². The van der Waals surface area contributed by atoms with Gasteiger partial charge in [0.1, 0.15) is 0 Å². The number of aromatic nitrogens is 2. The van der Waals surface area contributed by atoms with E-state index in [1.54, 1.807) is 10.8 Å². The summed E-state index contributed by atoms with van der Waals surface area (Å²) in [4.78, 5) is 19.7. The van der Waals surface area contributed by atoms with Gasteiger partial charge in [-0.05, 0) is 48.3 Å². The Morgan fingerprint density at radius 1 is 1.06 bits per heavy atom. The van der Waals surface area contributed by atoms with Crippen molar-refractivity contribution in [3.63, 3.8) is 0 Å². The summed E-state index contributed by atoms with van der Waals surface area (Å²) in [5.41, 5.74) is 3.01. The highest BCUT2D eigenvalue weighted by Gasteiger charge is 2.15. The molecule has 0 unspecified atom stereocenters. The number of fused-ring (bicyclic) bond motifs is 1. The van der Waals surface area contributed by atoms with Crippen molar-refractivity contribution in [2.45, 2.75) is 19.2 Å². The fourth-order valence-corrected chi connectivity index (χ4v) is 3.93. The molecule has 0 saturated heterocycles. The predicted octanol–water partition coefficient (Wildman–Crippen LogP) is 4.26. The van der Waals surface area contributed by atoms with Crippen LogP contribution in [-0.2, 0) is 13.1 Å². The zero-order chi connectivity index (χ0) is 21.8. The summed E-state index contributed by atoms with van der Waals surface area (Å²) in [5, 5.41) is 12.1. The Morgan fingerprint density at radius 3 is 2.58 bits per heavy atom. The molecule has 6 heteroatoms. The monoisotopic (exact) mass is 433 g/mol. The first kappa shape index (κ1) is 21.2. The molecule has 5 nitrogen and oxygen atoms in total. The number of hydrogen-bond donors (Lipinski definition) is 1. The molecule has 4 rings (SSSR count). The van der Waals surface area contributed by atoms with Crippen LogP contribution in [0.2, 0.25) is 5.02 Å². The second-order valence-electron chi connectivity index (χ2n) is 7.71. The third-order valence-corrected chi connectivity index (χ3v) is 5.52. The summed E-state index contributed by atoms with van der Waals surface area (Å²) in [5.74, 6) is 0. The highest BCUT2D eigenvalue weighted by Crippen LogP contribution is 2.21. The number of likely N-dealkylation sites (N-methyl/N-ethyl adjacent to an activating group) is 1. The van der Waals surface area contributed by atoms with E-state index >= 15 is 0 Å². The van der Waals surface area contributed by atoms with Gasteiger partial charge in [-0.3, -0.25) is 14.7 Å². The van der Waals surface area contributed by atoms with E-state index in [0.717, 1.165) is 22.2 Å². The average Bonchev–Trinajstić information content (AvgIpc) is 2.78. The summed E-state index contributed by atoms with van der Waals surface area (Å²) < 4.78 is 1.72. The first-order valence-electron chi connectivity index (χ1n) is 10.1. The molecule has 0 aliphatic rings. The van der Waals surface area contributed by atoms with E-state index < -0.39 is 6.10 Å². The second kappa shape index (κ2) is 9.43. The van der Waals surface area contributed by atoms with Crippen LogP contribution in [0.3, 0.4) is 0 Å². The molecule has 4 aromatic rings. The Balaban J connectivity index is 1.65. The first-order valence-corrected chi connectivity index (χ1v) is 10.5. The van der Waals surface area contributed by atoms with Gasteiger partial charge < -0.3 is 9.67 Å². The molecule has 0 fully saturated rings. The van der Waals surface area contributed by atoms with E-state index in [4.69, 9.17) is 11.6 Å². The maximum Gasteiger partial charge on any atom is 0.255 e. The molecule has 1 N–H and O–H groups in total. The van der Waals surface area contributed by atoms with Gasteiger partial charge >= 0.3 is 0 Å². The highest BCUT2D eigenvalue weighted by molar-refractivity contribution is 6.31. The lowest BCUT2D eigenvalue weighted by atomic mass is 10.1. The number of hydrogen-bond acceptors (Lipinski definition) is 4. The lowest BCUT2D eigenvalue weighted by molar-refractivity contribution is 0.123. The van der Waals surface area contributed by atoms with Crippen LogP contribution in [0.1, 0.15) is 22.9 Å². The Hall–Kier alpha value is -2.99. The van der Waals surface area contributed by atoms with Gasteiger partial charge in [0.25, 0.3) is 5.56 Å². The Morgan fingerprint density at radius 2 is 1.84 bits per heavy atom. The van der Waals surface area contributed by atoms with E-state index in [2.05, 4.69) is 4.98 Å². The molecule has 31 heavy (non-hydrogen) atoms. The molecular formula is C25H24ClN3O2. The molecule has 1 atom stereocenters. The Labute approximate surface area is 186 Å². The van der Waals surface area contributed by atoms with Crippen LogP contribution in [-0.4, -0.2) is 33.1 Å². The van der Waals surface area contributed by atoms with Gasteiger partial charge in [0.2, 0.25) is 0 Å². The van der Waals surface area contributed by atoms with Crippen LogP contribution in [0.4, 0.5) is 0 Å². The van der Waals surface area contributed by atoms with Crippen LogP contribution >= 0.6 is 11.6 Å². The molecule has 158 valence electrons. The van der Waals surface area contributed by atoms with Crippen molar-refractivity contribution in [1.29, 1.82) is 0 Å². The van der Waals surface area contributed by atoms with Crippen molar-refractivity contribution in [1.82, 2.24) is 14.5 Å². The molecule has 2 heterocycles. The number of halogens is 1. The van der Waals surface area contributed by atoms with Crippen LogP contribution in [0.15, 0.2) is 83.8 Å². The van der Waals surface area contributed by atoms with Gasteiger partial charge in [-0.15, -0.1) is 0 Å². The standard InChI is InChI=1S/C25H24ClN3O2/c1-28(17-24(30)18-7-3-2-4-8-18)15-20-13-19-10-11-21(26)14-23(19)29(25(20)31)16-22-9-5-6-12-27-22/h2-14,24,30H,15-17H2,1H3/t24-/m0/s1. The zero-order valence-electron chi connectivity index (χ0n) is 17.3. The van der Waals surface area contributed by atoms with E-state index in [0.29, 0.717) is 30.2 Å². The topological polar surface area (TPSA) is 58.4 Å². The van der Waals surface area contributed by atoms with Gasteiger partial charge in [-0.2, -0.15) is 0 Å². The van der Waals surface area contributed by atoms with Crippen LogP contribution in [0.5, 0.6) is 0 Å². The normalized spacial score (nSPS) is 12.4. The van der Waals surface area contributed by atoms with E-state index in [9.17, 15) is 9.90 Å². The number of nitrogens with zero attached hydrogens (tertiary/aromatic N) is 3. The van der Waals surface area contributed by atoms with Gasteiger partial charge in [-0.25, -0.2) is 0 Å². The molecule has 0 spiro atoms. The first-order chi connectivity index (χ1) is 15.0. The minimum atomic E-state index is -0.624. The Bertz CT molecular complexity index is 1230. The molecule has 0 amide bonds. The second-order valence-corrected chi connectivity index (χ2v) is 8.14. The lowest BCUT2D eigenvalue weighted by Gasteiger charge is -2.21. The van der Waals surface area contributed by atoms with Gasteiger partial charge in [0, 0.05) is 29.9 Å². The lowest BCUT2D eigenvalue weighted by Crippen LogP contribution is -2.31. The minimum absolute atomic E-state index is 0.0820. The zero-order valence-corrected chi connectivity index (χ0v) is 18.0. The van der Waals surface area contributed by atoms with Crippen LogP contribution in [0, 0.1) is 0 Å².